The first kappa shape index (κ1) is 16.4. The zero-order valence-corrected chi connectivity index (χ0v) is 14.6. The molecule has 1 atom stereocenters. The summed E-state index contributed by atoms with van der Waals surface area (Å²) >= 11 is 0. The van der Waals surface area contributed by atoms with E-state index >= 15 is 0 Å². The minimum atomic E-state index is -0.146. The first-order chi connectivity index (χ1) is 12.7. The molecule has 4 heterocycles. The molecule has 0 saturated carbocycles. The Labute approximate surface area is 151 Å². The SMILES string of the molecule is Cc1cc(-c2ncc[nH]2)nc([C@H]2CCCCN2C(=O)c2ccccn2)n1. The van der Waals surface area contributed by atoms with E-state index in [-0.39, 0.29) is 11.9 Å². The van der Waals surface area contributed by atoms with E-state index in [4.69, 9.17) is 4.98 Å². The highest BCUT2D eigenvalue weighted by molar-refractivity contribution is 5.92. The highest BCUT2D eigenvalue weighted by atomic mass is 16.2. The van der Waals surface area contributed by atoms with Gasteiger partial charge in [0.25, 0.3) is 5.91 Å². The van der Waals surface area contributed by atoms with Crippen LogP contribution in [0.2, 0.25) is 0 Å². The normalized spacial score (nSPS) is 17.3. The lowest BCUT2D eigenvalue weighted by Gasteiger charge is -2.34. The van der Waals surface area contributed by atoms with Crippen molar-refractivity contribution in [1.29, 1.82) is 0 Å². The molecular weight excluding hydrogens is 328 g/mol. The second kappa shape index (κ2) is 7.03. The lowest BCUT2D eigenvalue weighted by Crippen LogP contribution is -2.39. The fourth-order valence-electron chi connectivity index (χ4n) is 3.35. The van der Waals surface area contributed by atoms with Gasteiger partial charge in [0.15, 0.2) is 11.6 Å². The summed E-state index contributed by atoms with van der Waals surface area (Å²) in [5.74, 6) is 1.30. The predicted molar refractivity (Wildman–Crippen MR) is 96.2 cm³/mol. The van der Waals surface area contributed by atoms with Crippen molar-refractivity contribution in [2.24, 2.45) is 0 Å². The molecule has 1 fully saturated rings. The number of H-pyrrole nitrogens is 1. The van der Waals surface area contributed by atoms with Crippen LogP contribution in [0, 0.1) is 6.92 Å². The summed E-state index contributed by atoms with van der Waals surface area (Å²) in [6, 6.07) is 7.14. The molecule has 3 aromatic rings. The highest BCUT2D eigenvalue weighted by Gasteiger charge is 2.31. The van der Waals surface area contributed by atoms with Crippen molar-refractivity contribution < 1.29 is 4.79 Å². The number of hydrogen-bond donors (Lipinski definition) is 1. The van der Waals surface area contributed by atoms with Crippen LogP contribution in [0.3, 0.4) is 0 Å². The number of imidazole rings is 1. The molecule has 7 heteroatoms. The van der Waals surface area contributed by atoms with Gasteiger partial charge in [0.2, 0.25) is 0 Å². The summed E-state index contributed by atoms with van der Waals surface area (Å²) in [7, 11) is 0. The molecular formula is C19H20N6O. The number of carbonyl (C=O) groups is 1. The van der Waals surface area contributed by atoms with Gasteiger partial charge in [0, 0.05) is 30.8 Å². The van der Waals surface area contributed by atoms with Crippen molar-refractivity contribution in [3.63, 3.8) is 0 Å². The molecule has 1 amide bonds. The Kier molecular flexibility index (Phi) is 4.43. The average molecular weight is 348 g/mol. The molecule has 3 aromatic heterocycles. The third-order valence-corrected chi connectivity index (χ3v) is 4.56. The molecule has 0 spiro atoms. The molecule has 1 saturated heterocycles. The standard InChI is InChI=1S/C19H20N6O/c1-13-12-15(17-21-9-10-22-17)24-18(23-13)16-7-3-5-11-25(16)19(26)14-6-2-4-8-20-14/h2,4,6,8-10,12,16H,3,5,7,11H2,1H3,(H,21,22)/t16-/m1/s1. The van der Waals surface area contributed by atoms with E-state index in [1.807, 2.05) is 30.0 Å². The molecule has 0 aliphatic carbocycles. The summed E-state index contributed by atoms with van der Waals surface area (Å²) in [5, 5.41) is 0. The number of nitrogens with one attached hydrogen (secondary N) is 1. The third-order valence-electron chi connectivity index (χ3n) is 4.56. The number of pyridine rings is 1. The molecule has 0 unspecified atom stereocenters. The second-order valence-electron chi connectivity index (χ2n) is 6.42. The number of amides is 1. The van der Waals surface area contributed by atoms with Crippen LogP contribution in [0.5, 0.6) is 0 Å². The Bertz CT molecular complexity index is 894. The number of aryl methyl sites for hydroxylation is 1. The van der Waals surface area contributed by atoms with Gasteiger partial charge in [-0.15, -0.1) is 0 Å². The van der Waals surface area contributed by atoms with Gasteiger partial charge in [-0.3, -0.25) is 9.78 Å². The zero-order valence-electron chi connectivity index (χ0n) is 14.6. The van der Waals surface area contributed by atoms with Crippen molar-refractivity contribution >= 4 is 5.91 Å². The minimum Gasteiger partial charge on any atom is -0.343 e. The molecule has 0 bridgehead atoms. The van der Waals surface area contributed by atoms with Gasteiger partial charge in [-0.2, -0.15) is 0 Å². The minimum absolute atomic E-state index is 0.0695. The Hall–Kier alpha value is -3.09. The van der Waals surface area contributed by atoms with Crippen LogP contribution in [-0.4, -0.2) is 42.3 Å². The van der Waals surface area contributed by atoms with E-state index in [1.54, 1.807) is 24.7 Å². The number of nitrogens with zero attached hydrogens (tertiary/aromatic N) is 5. The number of carbonyl (C=O) groups excluding carboxylic acids is 1. The van der Waals surface area contributed by atoms with Gasteiger partial charge in [-0.25, -0.2) is 15.0 Å². The topological polar surface area (TPSA) is 87.7 Å². The number of hydrogen-bond acceptors (Lipinski definition) is 5. The van der Waals surface area contributed by atoms with Crippen LogP contribution in [0.15, 0.2) is 42.9 Å². The van der Waals surface area contributed by atoms with Crippen LogP contribution in [0.25, 0.3) is 11.5 Å². The van der Waals surface area contributed by atoms with E-state index in [2.05, 4.69) is 19.9 Å². The quantitative estimate of drug-likeness (QED) is 0.786. The molecule has 1 aliphatic rings. The fraction of sp³-hybridized carbons (Fsp3) is 0.316. The maximum absolute atomic E-state index is 13.0. The average Bonchev–Trinajstić information content (AvgIpc) is 3.22. The molecule has 4 rings (SSSR count). The molecule has 0 aromatic carbocycles. The summed E-state index contributed by atoms with van der Waals surface area (Å²) < 4.78 is 0. The zero-order chi connectivity index (χ0) is 17.9. The smallest absolute Gasteiger partial charge is 0.273 e. The summed E-state index contributed by atoms with van der Waals surface area (Å²) in [6.07, 6.45) is 7.98. The molecule has 7 nitrogen and oxygen atoms in total. The van der Waals surface area contributed by atoms with Gasteiger partial charge in [-0.1, -0.05) is 6.07 Å². The number of aromatic nitrogens is 5. The van der Waals surface area contributed by atoms with Crippen molar-refractivity contribution in [3.8, 4) is 11.5 Å². The van der Waals surface area contributed by atoms with Crippen molar-refractivity contribution in [2.75, 3.05) is 6.54 Å². The first-order valence-corrected chi connectivity index (χ1v) is 8.80. The summed E-state index contributed by atoms with van der Waals surface area (Å²) in [4.78, 5) is 35.7. The Morgan fingerprint density at radius 3 is 2.88 bits per heavy atom. The number of rotatable bonds is 3. The van der Waals surface area contributed by atoms with Gasteiger partial charge in [0.05, 0.1) is 6.04 Å². The van der Waals surface area contributed by atoms with Crippen LogP contribution >= 0.6 is 0 Å². The maximum atomic E-state index is 13.0. The number of aromatic amines is 1. The summed E-state index contributed by atoms with van der Waals surface area (Å²) in [5.41, 5.74) is 2.06. The van der Waals surface area contributed by atoms with Crippen LogP contribution in [-0.2, 0) is 0 Å². The summed E-state index contributed by atoms with van der Waals surface area (Å²) in [6.45, 7) is 2.62. The van der Waals surface area contributed by atoms with E-state index in [1.165, 1.54) is 0 Å². The van der Waals surface area contributed by atoms with E-state index in [9.17, 15) is 4.79 Å². The van der Waals surface area contributed by atoms with Crippen molar-refractivity contribution in [1.82, 2.24) is 29.8 Å². The van der Waals surface area contributed by atoms with Gasteiger partial charge in [-0.05, 0) is 44.4 Å². The Morgan fingerprint density at radius 2 is 2.12 bits per heavy atom. The number of piperidine rings is 1. The lowest BCUT2D eigenvalue weighted by atomic mass is 10.0. The highest BCUT2D eigenvalue weighted by Crippen LogP contribution is 2.31. The van der Waals surface area contributed by atoms with Crippen molar-refractivity contribution in [2.45, 2.75) is 32.2 Å². The first-order valence-electron chi connectivity index (χ1n) is 8.80. The van der Waals surface area contributed by atoms with Crippen LogP contribution < -0.4 is 0 Å². The molecule has 26 heavy (non-hydrogen) atoms. The van der Waals surface area contributed by atoms with Gasteiger partial charge >= 0.3 is 0 Å². The lowest BCUT2D eigenvalue weighted by molar-refractivity contribution is 0.0593. The Balaban J connectivity index is 1.69. The molecule has 132 valence electrons. The molecule has 1 N–H and O–H groups in total. The maximum Gasteiger partial charge on any atom is 0.273 e. The largest absolute Gasteiger partial charge is 0.343 e. The predicted octanol–water partition coefficient (Wildman–Crippen LogP) is 2.94. The van der Waals surface area contributed by atoms with Crippen LogP contribution in [0.1, 0.15) is 47.3 Å². The van der Waals surface area contributed by atoms with Gasteiger partial charge < -0.3 is 9.88 Å². The molecule has 1 aliphatic heterocycles. The number of likely N-dealkylation sites (tertiary alicyclic amines) is 1. The Morgan fingerprint density at radius 1 is 1.19 bits per heavy atom. The third kappa shape index (κ3) is 3.20. The monoisotopic (exact) mass is 348 g/mol. The molecule has 0 radical (unpaired) electrons. The van der Waals surface area contributed by atoms with E-state index < -0.39 is 0 Å². The van der Waals surface area contributed by atoms with Crippen LogP contribution in [0.4, 0.5) is 0 Å². The van der Waals surface area contributed by atoms with E-state index in [0.717, 1.165) is 30.7 Å². The van der Waals surface area contributed by atoms with Gasteiger partial charge in [0.1, 0.15) is 11.4 Å². The fourth-order valence-corrected chi connectivity index (χ4v) is 3.35. The van der Waals surface area contributed by atoms with E-state index in [0.29, 0.717) is 23.9 Å². The second-order valence-corrected chi connectivity index (χ2v) is 6.42. The van der Waals surface area contributed by atoms with Crippen molar-refractivity contribution in [3.05, 3.63) is 60.1 Å².